The number of likely N-dealkylation sites (N-methyl/N-ethyl adjacent to an activating group) is 1. The van der Waals surface area contributed by atoms with Gasteiger partial charge in [0.1, 0.15) is 12.1 Å². The number of ether oxygens (including phenoxy) is 1. The Balaban J connectivity index is 2.11. The summed E-state index contributed by atoms with van der Waals surface area (Å²) >= 11 is 0. The van der Waals surface area contributed by atoms with Gasteiger partial charge in [-0.3, -0.25) is 14.4 Å². The fourth-order valence-corrected chi connectivity index (χ4v) is 4.03. The van der Waals surface area contributed by atoms with Crippen molar-refractivity contribution in [2.45, 2.75) is 58.7 Å². The monoisotopic (exact) mass is 457 g/mol. The Morgan fingerprint density at radius 3 is 2.48 bits per heavy atom. The van der Waals surface area contributed by atoms with E-state index < -0.39 is 18.1 Å². The number of carbonyl (C=O) groups is 4. The number of carbonyl (C=O) groups excluding carboxylic acids is 4. The van der Waals surface area contributed by atoms with E-state index in [-0.39, 0.29) is 30.3 Å². The molecule has 1 saturated heterocycles. The quantitative estimate of drug-likeness (QED) is 0.331. The van der Waals surface area contributed by atoms with Crippen LogP contribution in [0.1, 0.15) is 52.2 Å². The Morgan fingerprint density at radius 2 is 1.88 bits per heavy atom. The maximum Gasteiger partial charge on any atom is 0.329 e. The van der Waals surface area contributed by atoms with Crippen LogP contribution >= 0.6 is 0 Å². The van der Waals surface area contributed by atoms with Gasteiger partial charge in [-0.1, -0.05) is 50.3 Å². The van der Waals surface area contributed by atoms with E-state index >= 15 is 0 Å². The third-order valence-corrected chi connectivity index (χ3v) is 5.97. The van der Waals surface area contributed by atoms with Crippen LogP contribution in [0.25, 0.3) is 0 Å². The molecule has 8 heteroatoms. The van der Waals surface area contributed by atoms with Gasteiger partial charge in [-0.25, -0.2) is 4.79 Å². The first-order valence-corrected chi connectivity index (χ1v) is 11.3. The van der Waals surface area contributed by atoms with E-state index in [1.807, 2.05) is 51.1 Å². The number of esters is 1. The number of amides is 3. The molecule has 8 nitrogen and oxygen atoms in total. The summed E-state index contributed by atoms with van der Waals surface area (Å²) in [6, 6.07) is 8.52. The van der Waals surface area contributed by atoms with Gasteiger partial charge >= 0.3 is 5.97 Å². The molecule has 3 atom stereocenters. The van der Waals surface area contributed by atoms with Gasteiger partial charge < -0.3 is 19.9 Å². The Hall–Kier alpha value is -3.16. The third kappa shape index (κ3) is 6.91. The van der Waals surface area contributed by atoms with Gasteiger partial charge in [0.15, 0.2) is 0 Å². The Labute approximate surface area is 195 Å². The molecular formula is C25H35N3O5. The predicted octanol–water partition coefficient (Wildman–Crippen LogP) is 2.46. The van der Waals surface area contributed by atoms with Crippen molar-refractivity contribution in [3.63, 3.8) is 0 Å². The zero-order chi connectivity index (χ0) is 24.5. The Morgan fingerprint density at radius 1 is 1.21 bits per heavy atom. The van der Waals surface area contributed by atoms with Crippen molar-refractivity contribution in [1.29, 1.82) is 0 Å². The summed E-state index contributed by atoms with van der Waals surface area (Å²) in [4.78, 5) is 52.0. The van der Waals surface area contributed by atoms with E-state index in [1.165, 1.54) is 4.90 Å². The maximum atomic E-state index is 13.2. The molecule has 2 unspecified atom stereocenters. The van der Waals surface area contributed by atoms with Gasteiger partial charge in [0.05, 0.1) is 12.6 Å². The topological polar surface area (TPSA) is 96.0 Å². The van der Waals surface area contributed by atoms with Crippen LogP contribution in [0.2, 0.25) is 0 Å². The van der Waals surface area contributed by atoms with Crippen LogP contribution in [0.4, 0.5) is 0 Å². The summed E-state index contributed by atoms with van der Waals surface area (Å²) in [5.41, 5.74) is 1.36. The highest BCUT2D eigenvalue weighted by molar-refractivity contribution is 5.96. The highest BCUT2D eigenvalue weighted by atomic mass is 16.5. The molecule has 0 radical (unpaired) electrons. The van der Waals surface area contributed by atoms with Gasteiger partial charge in [0.25, 0.3) is 0 Å². The average molecular weight is 458 g/mol. The van der Waals surface area contributed by atoms with Gasteiger partial charge in [0.2, 0.25) is 18.2 Å². The number of benzene rings is 1. The lowest BCUT2D eigenvalue weighted by Crippen LogP contribution is -2.45. The van der Waals surface area contributed by atoms with E-state index in [9.17, 15) is 19.2 Å². The zero-order valence-electron chi connectivity index (χ0n) is 20.1. The normalized spacial score (nSPS) is 17.9. The molecule has 1 aliphatic heterocycles. The number of nitrogens with zero attached hydrogens (tertiary/aromatic N) is 2. The first-order chi connectivity index (χ1) is 15.7. The van der Waals surface area contributed by atoms with Gasteiger partial charge in [-0.2, -0.15) is 0 Å². The van der Waals surface area contributed by atoms with Crippen LogP contribution in [0, 0.1) is 5.92 Å². The number of hydrogen-bond donors (Lipinski definition) is 1. The van der Waals surface area contributed by atoms with Crippen molar-refractivity contribution < 1.29 is 23.9 Å². The minimum atomic E-state index is -0.624. The van der Waals surface area contributed by atoms with Crippen molar-refractivity contribution in [3.05, 3.63) is 47.5 Å². The van der Waals surface area contributed by atoms with Crippen LogP contribution < -0.4 is 5.32 Å². The van der Waals surface area contributed by atoms with Crippen LogP contribution in [-0.4, -0.2) is 66.2 Å². The summed E-state index contributed by atoms with van der Waals surface area (Å²) < 4.78 is 5.67. The molecule has 0 aliphatic carbocycles. The van der Waals surface area contributed by atoms with E-state index in [0.717, 1.165) is 12.0 Å². The largest absolute Gasteiger partial charge is 0.456 e. The predicted molar refractivity (Wildman–Crippen MR) is 125 cm³/mol. The summed E-state index contributed by atoms with van der Waals surface area (Å²) in [7, 11) is 1.65. The minimum absolute atomic E-state index is 0.0454. The second-order valence-electron chi connectivity index (χ2n) is 8.73. The van der Waals surface area contributed by atoms with Crippen molar-refractivity contribution in [3.8, 4) is 0 Å². The van der Waals surface area contributed by atoms with Gasteiger partial charge in [-0.15, -0.1) is 0 Å². The first kappa shape index (κ1) is 26.1. The number of rotatable bonds is 10. The van der Waals surface area contributed by atoms with E-state index in [1.54, 1.807) is 24.9 Å². The van der Waals surface area contributed by atoms with Crippen molar-refractivity contribution in [2.75, 3.05) is 20.1 Å². The molecule has 1 aliphatic rings. The Kier molecular flexibility index (Phi) is 9.63. The molecule has 1 fully saturated rings. The summed E-state index contributed by atoms with van der Waals surface area (Å²) in [5.74, 6) is -0.851. The molecule has 180 valence electrons. The number of hydrogen-bond acceptors (Lipinski definition) is 5. The lowest BCUT2D eigenvalue weighted by atomic mass is 9.99. The third-order valence-electron chi connectivity index (χ3n) is 5.97. The highest BCUT2D eigenvalue weighted by Crippen LogP contribution is 2.25. The van der Waals surface area contributed by atoms with Gasteiger partial charge in [-0.05, 0) is 38.2 Å². The zero-order valence-corrected chi connectivity index (χ0v) is 20.1. The molecule has 3 amide bonds. The van der Waals surface area contributed by atoms with Gasteiger partial charge in [0, 0.05) is 19.2 Å². The van der Waals surface area contributed by atoms with Crippen molar-refractivity contribution >= 4 is 24.2 Å². The van der Waals surface area contributed by atoms with E-state index in [4.69, 9.17) is 4.74 Å². The lowest BCUT2D eigenvalue weighted by molar-refractivity contribution is -0.156. The fraction of sp³-hybridized carbons (Fsp3) is 0.520. The second kappa shape index (κ2) is 12.2. The molecule has 1 N–H and O–H groups in total. The average Bonchev–Trinajstić information content (AvgIpc) is 3.30. The maximum absolute atomic E-state index is 13.2. The van der Waals surface area contributed by atoms with Crippen molar-refractivity contribution in [1.82, 2.24) is 15.1 Å². The van der Waals surface area contributed by atoms with E-state index in [2.05, 4.69) is 5.32 Å². The van der Waals surface area contributed by atoms with Crippen LogP contribution in [0.5, 0.6) is 0 Å². The molecule has 1 aromatic rings. The summed E-state index contributed by atoms with van der Waals surface area (Å²) in [5, 5.41) is 2.37. The number of likely N-dealkylation sites (tertiary alicyclic amines) is 1. The first-order valence-electron chi connectivity index (χ1n) is 11.3. The SMILES string of the molecule is CC(=C[C@H](C(C)C)N(C)C(=O)CNC=O)C(=O)N1CCCC1C(=O)OC(C)c1ccccc1. The van der Waals surface area contributed by atoms with Crippen LogP contribution in [0.3, 0.4) is 0 Å². The molecule has 0 saturated carbocycles. The summed E-state index contributed by atoms with van der Waals surface area (Å²) in [6.07, 6.45) is 3.12. The molecule has 33 heavy (non-hydrogen) atoms. The minimum Gasteiger partial charge on any atom is -0.456 e. The standard InChI is InChI=1S/C25H35N3O5/c1-17(2)22(27(5)23(30)15-26-16-29)14-18(3)24(31)28-13-9-12-21(28)25(32)33-19(4)20-10-7-6-8-11-20/h6-8,10-11,14,16-17,19,21-22H,9,12-13,15H2,1-5H3,(H,26,29)/t19?,21?,22-/m1/s1. The lowest BCUT2D eigenvalue weighted by Gasteiger charge is -2.30. The molecular weight excluding hydrogens is 422 g/mol. The Bertz CT molecular complexity index is 868. The molecule has 0 bridgehead atoms. The fourth-order valence-electron chi connectivity index (χ4n) is 4.03. The summed E-state index contributed by atoms with van der Waals surface area (Å²) in [6.45, 7) is 7.80. The van der Waals surface area contributed by atoms with E-state index in [0.29, 0.717) is 24.9 Å². The van der Waals surface area contributed by atoms with Crippen LogP contribution in [0.15, 0.2) is 42.0 Å². The molecule has 1 aromatic carbocycles. The smallest absolute Gasteiger partial charge is 0.329 e. The number of nitrogens with one attached hydrogen (secondary N) is 1. The molecule has 2 rings (SSSR count). The molecule has 0 aromatic heterocycles. The molecule has 0 spiro atoms. The molecule has 1 heterocycles. The van der Waals surface area contributed by atoms with Crippen molar-refractivity contribution in [2.24, 2.45) is 5.92 Å². The highest BCUT2D eigenvalue weighted by Gasteiger charge is 2.36. The van der Waals surface area contributed by atoms with Crippen LogP contribution in [-0.2, 0) is 23.9 Å². The second-order valence-corrected chi connectivity index (χ2v) is 8.73.